The molecule has 1 unspecified atom stereocenters. The van der Waals surface area contributed by atoms with Crippen LogP contribution in [-0.2, 0) is 17.6 Å². The number of rotatable bonds is 2. The highest BCUT2D eigenvalue weighted by Gasteiger charge is 2.34. The Kier molecular flexibility index (Phi) is 4.78. The number of piperazine rings is 1. The van der Waals surface area contributed by atoms with Gasteiger partial charge in [-0.25, -0.2) is 4.39 Å². The van der Waals surface area contributed by atoms with Gasteiger partial charge in [0.2, 0.25) is 0 Å². The summed E-state index contributed by atoms with van der Waals surface area (Å²) < 4.78 is 13.8. The molecule has 1 aliphatic heterocycles. The lowest BCUT2D eigenvalue weighted by Crippen LogP contribution is -2.54. The molecule has 1 aromatic carbocycles. The van der Waals surface area contributed by atoms with E-state index in [1.165, 1.54) is 11.8 Å². The van der Waals surface area contributed by atoms with Crippen LogP contribution in [0.3, 0.4) is 0 Å². The lowest BCUT2D eigenvalue weighted by Gasteiger charge is -2.38. The summed E-state index contributed by atoms with van der Waals surface area (Å²) in [5.41, 5.74) is 4.13. The number of nitrogens with zero attached hydrogens (tertiary/aromatic N) is 2. The number of aromatic nitrogens is 1. The first-order chi connectivity index (χ1) is 12.5. The van der Waals surface area contributed by atoms with E-state index in [0.29, 0.717) is 11.6 Å². The molecule has 0 amide bonds. The van der Waals surface area contributed by atoms with E-state index in [1.54, 1.807) is 13.0 Å². The van der Waals surface area contributed by atoms with E-state index in [2.05, 4.69) is 15.2 Å². The molecule has 2 aromatic rings. The molecule has 4 rings (SSSR count). The quantitative estimate of drug-likeness (QED) is 0.879. The zero-order valence-electron chi connectivity index (χ0n) is 14.6. The van der Waals surface area contributed by atoms with Crippen molar-refractivity contribution in [1.82, 2.24) is 15.2 Å². The number of carbonyl (C=O) groups excluding carboxylic acids is 1. The van der Waals surface area contributed by atoms with E-state index in [-0.39, 0.29) is 23.7 Å². The summed E-state index contributed by atoms with van der Waals surface area (Å²) in [6.45, 7) is 3.76. The van der Waals surface area contributed by atoms with Crippen LogP contribution in [-0.4, -0.2) is 41.3 Å². The van der Waals surface area contributed by atoms with E-state index < -0.39 is 0 Å². The molecular formula is C20H21ClFN3O. The van der Waals surface area contributed by atoms with Gasteiger partial charge < -0.3 is 5.32 Å². The maximum absolute atomic E-state index is 13.8. The van der Waals surface area contributed by atoms with Crippen LogP contribution >= 0.6 is 11.6 Å². The predicted molar refractivity (Wildman–Crippen MR) is 98.9 cm³/mol. The van der Waals surface area contributed by atoms with E-state index in [0.717, 1.165) is 42.8 Å². The SMILES string of the molecule is CC(=O)[C@H]1CN(C2c3ccc(Cl)cc3CCc3cc(F)cnc32)CCN1. The third kappa shape index (κ3) is 3.27. The van der Waals surface area contributed by atoms with E-state index in [4.69, 9.17) is 11.6 Å². The molecular weight excluding hydrogens is 353 g/mol. The van der Waals surface area contributed by atoms with Crippen LogP contribution in [0.25, 0.3) is 0 Å². The first-order valence-electron chi connectivity index (χ1n) is 8.93. The summed E-state index contributed by atoms with van der Waals surface area (Å²) in [7, 11) is 0. The first kappa shape index (κ1) is 17.6. The van der Waals surface area contributed by atoms with Crippen molar-refractivity contribution in [2.24, 2.45) is 0 Å². The number of carbonyl (C=O) groups is 1. The van der Waals surface area contributed by atoms with Crippen molar-refractivity contribution in [3.05, 3.63) is 63.7 Å². The minimum Gasteiger partial charge on any atom is -0.305 e. The van der Waals surface area contributed by atoms with Crippen LogP contribution in [0.1, 0.15) is 35.3 Å². The number of ketones is 1. The summed E-state index contributed by atoms with van der Waals surface area (Å²) >= 11 is 6.22. The largest absolute Gasteiger partial charge is 0.305 e. The fraction of sp³-hybridized carbons (Fsp3) is 0.400. The van der Waals surface area contributed by atoms with E-state index in [9.17, 15) is 9.18 Å². The van der Waals surface area contributed by atoms with Gasteiger partial charge in [0.25, 0.3) is 0 Å². The molecule has 0 bridgehead atoms. The van der Waals surface area contributed by atoms with Gasteiger partial charge in [0.05, 0.1) is 24.0 Å². The average molecular weight is 374 g/mol. The molecule has 2 aliphatic rings. The van der Waals surface area contributed by atoms with Gasteiger partial charge >= 0.3 is 0 Å². The Labute approximate surface area is 157 Å². The number of Topliss-reactive ketones (excluding diaryl/α,β-unsaturated/α-hetero) is 1. The van der Waals surface area contributed by atoms with Gasteiger partial charge in [0.1, 0.15) is 11.6 Å². The molecule has 136 valence electrons. The molecule has 0 radical (unpaired) electrons. The van der Waals surface area contributed by atoms with Gasteiger partial charge in [-0.3, -0.25) is 14.7 Å². The molecule has 4 nitrogen and oxygen atoms in total. The van der Waals surface area contributed by atoms with Crippen molar-refractivity contribution in [1.29, 1.82) is 0 Å². The highest BCUT2D eigenvalue weighted by atomic mass is 35.5. The second kappa shape index (κ2) is 7.06. The maximum Gasteiger partial charge on any atom is 0.147 e. The number of nitrogens with one attached hydrogen (secondary N) is 1. The van der Waals surface area contributed by atoms with Crippen molar-refractivity contribution >= 4 is 17.4 Å². The Morgan fingerprint density at radius 1 is 1.31 bits per heavy atom. The summed E-state index contributed by atoms with van der Waals surface area (Å²) in [5, 5.41) is 3.98. The smallest absolute Gasteiger partial charge is 0.147 e. The second-order valence-electron chi connectivity index (χ2n) is 7.06. The van der Waals surface area contributed by atoms with Crippen molar-refractivity contribution in [3.8, 4) is 0 Å². The van der Waals surface area contributed by atoms with Crippen molar-refractivity contribution in [2.45, 2.75) is 31.8 Å². The third-order valence-corrected chi connectivity index (χ3v) is 5.59. The Morgan fingerprint density at radius 3 is 2.92 bits per heavy atom. The topological polar surface area (TPSA) is 45.2 Å². The number of hydrogen-bond donors (Lipinski definition) is 1. The Morgan fingerprint density at radius 2 is 2.12 bits per heavy atom. The zero-order valence-corrected chi connectivity index (χ0v) is 15.4. The minimum atomic E-state index is -0.312. The number of fused-ring (bicyclic) bond motifs is 2. The zero-order chi connectivity index (χ0) is 18.3. The Bertz CT molecular complexity index is 803. The molecule has 1 aromatic heterocycles. The third-order valence-electron chi connectivity index (χ3n) is 5.35. The highest BCUT2D eigenvalue weighted by molar-refractivity contribution is 6.30. The molecule has 2 heterocycles. The lowest BCUT2D eigenvalue weighted by atomic mass is 9.95. The van der Waals surface area contributed by atoms with Crippen LogP contribution < -0.4 is 5.32 Å². The van der Waals surface area contributed by atoms with Crippen LogP contribution in [0.2, 0.25) is 5.02 Å². The normalized spacial score (nSPS) is 23.0. The number of pyridine rings is 1. The fourth-order valence-electron chi connectivity index (χ4n) is 4.06. The molecule has 1 saturated heterocycles. The Balaban J connectivity index is 1.82. The van der Waals surface area contributed by atoms with Crippen molar-refractivity contribution in [2.75, 3.05) is 19.6 Å². The van der Waals surface area contributed by atoms with Gasteiger partial charge in [0.15, 0.2) is 0 Å². The molecule has 2 atom stereocenters. The van der Waals surface area contributed by atoms with Gasteiger partial charge in [-0.15, -0.1) is 0 Å². The standard InChI is InChI=1S/C20H21ClFN3O/c1-12(26)18-11-25(7-6-23-18)20-17-5-4-15(21)8-13(17)2-3-14-9-16(22)10-24-19(14)20/h4-5,8-10,18,20,23H,2-3,6-7,11H2,1H3/t18-,20?/m1/s1. The van der Waals surface area contributed by atoms with Gasteiger partial charge in [-0.1, -0.05) is 17.7 Å². The van der Waals surface area contributed by atoms with E-state index in [1.807, 2.05) is 18.2 Å². The van der Waals surface area contributed by atoms with Crippen LogP contribution in [0, 0.1) is 5.82 Å². The molecule has 0 saturated carbocycles. The number of hydrogen-bond acceptors (Lipinski definition) is 4. The van der Waals surface area contributed by atoms with Gasteiger partial charge in [0, 0.05) is 24.7 Å². The molecule has 0 spiro atoms. The van der Waals surface area contributed by atoms with E-state index >= 15 is 0 Å². The van der Waals surface area contributed by atoms with Crippen LogP contribution in [0.5, 0.6) is 0 Å². The summed E-state index contributed by atoms with van der Waals surface area (Å²) in [5.74, 6) is -0.180. The van der Waals surface area contributed by atoms with Gasteiger partial charge in [-0.2, -0.15) is 0 Å². The number of benzene rings is 1. The lowest BCUT2D eigenvalue weighted by molar-refractivity contribution is -0.120. The average Bonchev–Trinajstić information content (AvgIpc) is 2.78. The van der Waals surface area contributed by atoms with Crippen molar-refractivity contribution < 1.29 is 9.18 Å². The van der Waals surface area contributed by atoms with Crippen LogP contribution in [0.4, 0.5) is 4.39 Å². The number of halogens is 2. The fourth-order valence-corrected chi connectivity index (χ4v) is 4.26. The van der Waals surface area contributed by atoms with Crippen molar-refractivity contribution in [3.63, 3.8) is 0 Å². The van der Waals surface area contributed by atoms with Crippen LogP contribution in [0.15, 0.2) is 30.5 Å². The molecule has 1 fully saturated rings. The maximum atomic E-state index is 13.8. The highest BCUT2D eigenvalue weighted by Crippen LogP contribution is 2.37. The second-order valence-corrected chi connectivity index (χ2v) is 7.49. The summed E-state index contributed by atoms with van der Waals surface area (Å²) in [6.07, 6.45) is 2.82. The molecule has 1 N–H and O–H groups in total. The Hall–Kier alpha value is -1.82. The summed E-state index contributed by atoms with van der Waals surface area (Å²) in [4.78, 5) is 18.7. The molecule has 26 heavy (non-hydrogen) atoms. The summed E-state index contributed by atoms with van der Waals surface area (Å²) in [6, 6.07) is 7.25. The number of aryl methyl sites for hydroxylation is 2. The van der Waals surface area contributed by atoms with Gasteiger partial charge in [-0.05, 0) is 54.7 Å². The molecule has 6 heteroatoms. The monoisotopic (exact) mass is 373 g/mol. The first-order valence-corrected chi connectivity index (χ1v) is 9.31. The minimum absolute atomic E-state index is 0.0932. The predicted octanol–water partition coefficient (Wildman–Crippen LogP) is 2.92. The molecule has 1 aliphatic carbocycles.